The van der Waals surface area contributed by atoms with Gasteiger partial charge in [0.25, 0.3) is 0 Å². The molecule has 3 aliphatic rings. The van der Waals surface area contributed by atoms with Crippen molar-refractivity contribution in [3.05, 3.63) is 18.0 Å². The first-order chi connectivity index (χ1) is 10.7. The lowest BCUT2D eigenvalue weighted by Crippen LogP contribution is -2.38. The maximum absolute atomic E-state index is 5.83. The molecule has 5 nitrogen and oxygen atoms in total. The van der Waals surface area contributed by atoms with Crippen molar-refractivity contribution < 1.29 is 9.47 Å². The highest BCUT2D eigenvalue weighted by molar-refractivity contribution is 5.13. The fraction of sp³-hybridized carbons (Fsp3) is 0.824. The quantitative estimate of drug-likeness (QED) is 0.858. The number of aromatic nitrogens is 2. The number of hydrogen-bond donors (Lipinski definition) is 0. The molecule has 4 rings (SSSR count). The van der Waals surface area contributed by atoms with Crippen molar-refractivity contribution in [2.24, 2.45) is 13.0 Å². The Morgan fingerprint density at radius 3 is 2.68 bits per heavy atom. The molecule has 2 aliphatic heterocycles. The predicted octanol–water partition coefficient (Wildman–Crippen LogP) is 2.14. The number of ether oxygens (including phenoxy) is 2. The van der Waals surface area contributed by atoms with Gasteiger partial charge in [-0.05, 0) is 37.3 Å². The Morgan fingerprint density at radius 2 is 2.00 bits per heavy atom. The van der Waals surface area contributed by atoms with E-state index in [0.29, 0.717) is 5.92 Å². The SMILES string of the molecule is Cn1cc([C@H]2CCN(CC3CCC4(CC3)OCCO4)C2)cn1. The second kappa shape index (κ2) is 5.95. The summed E-state index contributed by atoms with van der Waals surface area (Å²) in [6.45, 7) is 5.23. The molecule has 0 bridgehead atoms. The van der Waals surface area contributed by atoms with E-state index < -0.39 is 0 Å². The molecule has 0 aromatic carbocycles. The van der Waals surface area contributed by atoms with Crippen LogP contribution in [-0.2, 0) is 16.5 Å². The van der Waals surface area contributed by atoms with Crippen molar-refractivity contribution in [2.75, 3.05) is 32.8 Å². The normalized spacial score (nSPS) is 29.6. The van der Waals surface area contributed by atoms with Crippen molar-refractivity contribution in [1.82, 2.24) is 14.7 Å². The van der Waals surface area contributed by atoms with Gasteiger partial charge in [0.05, 0.1) is 19.4 Å². The van der Waals surface area contributed by atoms with Crippen LogP contribution in [0.5, 0.6) is 0 Å². The van der Waals surface area contributed by atoms with E-state index in [0.717, 1.165) is 32.0 Å². The van der Waals surface area contributed by atoms with Gasteiger partial charge in [-0.15, -0.1) is 0 Å². The Balaban J connectivity index is 1.26. The van der Waals surface area contributed by atoms with Crippen LogP contribution in [0.1, 0.15) is 43.6 Å². The number of nitrogens with zero attached hydrogens (tertiary/aromatic N) is 3. The molecular weight excluding hydrogens is 278 g/mol. The second-order valence-electron chi connectivity index (χ2n) is 7.24. The van der Waals surface area contributed by atoms with E-state index in [1.165, 1.54) is 44.5 Å². The van der Waals surface area contributed by atoms with Gasteiger partial charge in [0.2, 0.25) is 0 Å². The molecule has 0 N–H and O–H groups in total. The first-order valence-electron chi connectivity index (χ1n) is 8.71. The van der Waals surface area contributed by atoms with Gasteiger partial charge in [0.15, 0.2) is 5.79 Å². The lowest BCUT2D eigenvalue weighted by Gasteiger charge is -2.36. The largest absolute Gasteiger partial charge is 0.348 e. The average molecular weight is 305 g/mol. The zero-order valence-electron chi connectivity index (χ0n) is 13.5. The van der Waals surface area contributed by atoms with E-state index in [4.69, 9.17) is 9.47 Å². The van der Waals surface area contributed by atoms with Crippen molar-refractivity contribution in [3.8, 4) is 0 Å². The zero-order valence-corrected chi connectivity index (χ0v) is 13.5. The number of hydrogen-bond acceptors (Lipinski definition) is 4. The maximum Gasteiger partial charge on any atom is 0.168 e. The third kappa shape index (κ3) is 2.94. The van der Waals surface area contributed by atoms with Gasteiger partial charge in [-0.25, -0.2) is 0 Å². The lowest BCUT2D eigenvalue weighted by molar-refractivity contribution is -0.183. The fourth-order valence-electron chi connectivity index (χ4n) is 4.37. The molecule has 0 radical (unpaired) electrons. The van der Waals surface area contributed by atoms with Crippen LogP contribution in [0, 0.1) is 5.92 Å². The Kier molecular flexibility index (Phi) is 3.96. The Bertz CT molecular complexity index is 500. The molecular formula is C17H27N3O2. The van der Waals surface area contributed by atoms with Crippen LogP contribution in [0.15, 0.2) is 12.4 Å². The lowest BCUT2D eigenvalue weighted by atomic mass is 9.85. The van der Waals surface area contributed by atoms with E-state index in [1.54, 1.807) is 0 Å². The summed E-state index contributed by atoms with van der Waals surface area (Å²) in [7, 11) is 2.00. The van der Waals surface area contributed by atoms with Gasteiger partial charge in [-0.1, -0.05) is 0 Å². The Morgan fingerprint density at radius 1 is 1.23 bits per heavy atom. The van der Waals surface area contributed by atoms with Crippen molar-refractivity contribution in [1.29, 1.82) is 0 Å². The topological polar surface area (TPSA) is 39.5 Å². The molecule has 0 amide bonds. The summed E-state index contributed by atoms with van der Waals surface area (Å²) >= 11 is 0. The van der Waals surface area contributed by atoms with Gasteiger partial charge in [0, 0.05) is 45.1 Å². The van der Waals surface area contributed by atoms with E-state index in [-0.39, 0.29) is 5.79 Å². The summed E-state index contributed by atoms with van der Waals surface area (Å²) in [4.78, 5) is 2.65. The number of likely N-dealkylation sites (tertiary alicyclic amines) is 1. The van der Waals surface area contributed by atoms with E-state index in [2.05, 4.69) is 16.2 Å². The van der Waals surface area contributed by atoms with Crippen LogP contribution in [0.3, 0.4) is 0 Å². The monoisotopic (exact) mass is 305 g/mol. The first kappa shape index (κ1) is 14.7. The molecule has 5 heteroatoms. The van der Waals surface area contributed by atoms with Gasteiger partial charge < -0.3 is 14.4 Å². The highest BCUT2D eigenvalue weighted by atomic mass is 16.7. The average Bonchev–Trinajstić information content (AvgIpc) is 3.23. The molecule has 1 atom stereocenters. The van der Waals surface area contributed by atoms with Crippen LogP contribution in [0.4, 0.5) is 0 Å². The zero-order chi connectivity index (χ0) is 15.0. The van der Waals surface area contributed by atoms with Crippen molar-refractivity contribution in [3.63, 3.8) is 0 Å². The minimum Gasteiger partial charge on any atom is -0.348 e. The summed E-state index contributed by atoms with van der Waals surface area (Å²) in [5.74, 6) is 1.27. The van der Waals surface area contributed by atoms with Gasteiger partial charge >= 0.3 is 0 Å². The highest BCUT2D eigenvalue weighted by Crippen LogP contribution is 2.39. The minimum absolute atomic E-state index is 0.209. The third-order valence-electron chi connectivity index (χ3n) is 5.67. The summed E-state index contributed by atoms with van der Waals surface area (Å²) < 4.78 is 13.6. The summed E-state index contributed by atoms with van der Waals surface area (Å²) in [5.41, 5.74) is 1.40. The molecule has 3 heterocycles. The van der Waals surface area contributed by atoms with Crippen LogP contribution in [-0.4, -0.2) is 53.3 Å². The third-order valence-corrected chi connectivity index (χ3v) is 5.67. The molecule has 122 valence electrons. The Labute approximate surface area is 132 Å². The predicted molar refractivity (Wildman–Crippen MR) is 83.6 cm³/mol. The van der Waals surface area contributed by atoms with Gasteiger partial charge in [-0.3, -0.25) is 4.68 Å². The van der Waals surface area contributed by atoms with Gasteiger partial charge in [-0.2, -0.15) is 5.10 Å². The van der Waals surface area contributed by atoms with E-state index in [1.807, 2.05) is 17.9 Å². The van der Waals surface area contributed by atoms with Crippen molar-refractivity contribution >= 4 is 0 Å². The summed E-state index contributed by atoms with van der Waals surface area (Å²) in [6.07, 6.45) is 10.1. The minimum atomic E-state index is -0.209. The second-order valence-corrected chi connectivity index (χ2v) is 7.24. The van der Waals surface area contributed by atoms with Crippen LogP contribution >= 0.6 is 0 Å². The van der Waals surface area contributed by atoms with E-state index >= 15 is 0 Å². The fourth-order valence-corrected chi connectivity index (χ4v) is 4.37. The summed E-state index contributed by atoms with van der Waals surface area (Å²) in [5, 5.41) is 4.31. The summed E-state index contributed by atoms with van der Waals surface area (Å²) in [6, 6.07) is 0. The molecule has 0 unspecified atom stereocenters. The first-order valence-corrected chi connectivity index (χ1v) is 8.71. The van der Waals surface area contributed by atoms with Crippen LogP contribution in [0.2, 0.25) is 0 Å². The molecule has 2 saturated heterocycles. The molecule has 3 fully saturated rings. The van der Waals surface area contributed by atoms with Gasteiger partial charge in [0.1, 0.15) is 0 Å². The van der Waals surface area contributed by atoms with Crippen LogP contribution < -0.4 is 0 Å². The van der Waals surface area contributed by atoms with Crippen molar-refractivity contribution in [2.45, 2.75) is 43.8 Å². The molecule has 22 heavy (non-hydrogen) atoms. The molecule has 1 aliphatic carbocycles. The molecule has 1 aromatic rings. The number of rotatable bonds is 3. The Hall–Kier alpha value is -0.910. The standard InChI is InChI=1S/C17H27N3O2/c1-19-12-16(10-18-19)15-4-7-20(13-15)11-14-2-5-17(6-3-14)21-8-9-22-17/h10,12,14-15H,2-9,11,13H2,1H3/t15-/m0/s1. The highest BCUT2D eigenvalue weighted by Gasteiger charge is 2.40. The molecule has 1 saturated carbocycles. The van der Waals surface area contributed by atoms with Crippen LogP contribution in [0.25, 0.3) is 0 Å². The smallest absolute Gasteiger partial charge is 0.168 e. The molecule has 1 aromatic heterocycles. The maximum atomic E-state index is 5.83. The molecule has 1 spiro atoms. The van der Waals surface area contributed by atoms with E-state index in [9.17, 15) is 0 Å². The number of aryl methyl sites for hydroxylation is 1.